The highest BCUT2D eigenvalue weighted by atomic mass is 32.1. The second-order valence-corrected chi connectivity index (χ2v) is 9.23. The van der Waals surface area contributed by atoms with Crippen LogP contribution in [0.5, 0.6) is 0 Å². The monoisotopic (exact) mass is 422 g/mol. The van der Waals surface area contributed by atoms with Crippen LogP contribution in [0.1, 0.15) is 51.0 Å². The number of aryl methyl sites for hydroxylation is 2. The Labute approximate surface area is 183 Å². The fraction of sp³-hybridized carbons (Fsp3) is 0.417. The number of aromatic nitrogens is 2. The summed E-state index contributed by atoms with van der Waals surface area (Å²) < 4.78 is 2.28. The van der Waals surface area contributed by atoms with Crippen LogP contribution in [0.3, 0.4) is 0 Å². The van der Waals surface area contributed by atoms with Crippen molar-refractivity contribution in [2.24, 2.45) is 0 Å². The lowest BCUT2D eigenvalue weighted by molar-refractivity contribution is 0.0626. The molecule has 3 heterocycles. The molecule has 1 aliphatic heterocycles. The summed E-state index contributed by atoms with van der Waals surface area (Å²) in [6.07, 6.45) is 0. The summed E-state index contributed by atoms with van der Waals surface area (Å²) in [6.45, 7) is 12.6. The highest BCUT2D eigenvalue weighted by Gasteiger charge is 2.26. The van der Waals surface area contributed by atoms with E-state index in [0.717, 1.165) is 60.4 Å². The van der Waals surface area contributed by atoms with Crippen molar-refractivity contribution in [3.05, 3.63) is 75.0 Å². The summed E-state index contributed by atoms with van der Waals surface area (Å²) in [5, 5.41) is 3.24. The number of hydrogen-bond acceptors (Lipinski definition) is 4. The normalized spacial score (nSPS) is 16.1. The van der Waals surface area contributed by atoms with E-state index in [1.54, 1.807) is 11.3 Å². The van der Waals surface area contributed by atoms with Gasteiger partial charge in [0.05, 0.1) is 22.3 Å². The first-order valence-corrected chi connectivity index (χ1v) is 11.5. The van der Waals surface area contributed by atoms with Gasteiger partial charge in [0.2, 0.25) is 0 Å². The number of piperazine rings is 1. The topological polar surface area (TPSA) is 41.4 Å². The molecule has 1 fully saturated rings. The third-order valence-electron chi connectivity index (χ3n) is 6.10. The summed E-state index contributed by atoms with van der Waals surface area (Å²) >= 11 is 1.70. The molecular weight excluding hydrogens is 392 g/mol. The zero-order valence-corrected chi connectivity index (χ0v) is 19.1. The molecule has 1 amide bonds. The molecule has 1 saturated heterocycles. The molecule has 4 rings (SSSR count). The minimum absolute atomic E-state index is 0.152. The van der Waals surface area contributed by atoms with Gasteiger partial charge in [-0.15, -0.1) is 11.3 Å². The average Bonchev–Trinajstić information content (AvgIpc) is 3.30. The van der Waals surface area contributed by atoms with E-state index >= 15 is 0 Å². The van der Waals surface area contributed by atoms with Crippen molar-refractivity contribution in [2.45, 2.75) is 40.3 Å². The molecule has 3 aromatic rings. The third kappa shape index (κ3) is 4.20. The number of rotatable bonds is 5. The quantitative estimate of drug-likeness (QED) is 0.610. The third-order valence-corrected chi connectivity index (χ3v) is 6.92. The number of hydrogen-bond donors (Lipinski definition) is 0. The van der Waals surface area contributed by atoms with Crippen LogP contribution in [-0.4, -0.2) is 51.4 Å². The number of carbonyl (C=O) groups is 1. The van der Waals surface area contributed by atoms with Crippen molar-refractivity contribution in [1.82, 2.24) is 19.4 Å². The van der Waals surface area contributed by atoms with E-state index in [9.17, 15) is 4.79 Å². The van der Waals surface area contributed by atoms with E-state index < -0.39 is 0 Å². The van der Waals surface area contributed by atoms with Gasteiger partial charge in [-0.05, 0) is 39.3 Å². The van der Waals surface area contributed by atoms with Crippen LogP contribution in [0, 0.1) is 20.8 Å². The van der Waals surface area contributed by atoms with Gasteiger partial charge >= 0.3 is 0 Å². The number of thiazole rings is 1. The molecule has 2 aromatic heterocycles. The minimum Gasteiger partial charge on any atom is -0.341 e. The predicted octanol–water partition coefficient (Wildman–Crippen LogP) is 4.44. The highest BCUT2D eigenvalue weighted by molar-refractivity contribution is 7.09. The smallest absolute Gasteiger partial charge is 0.255 e. The zero-order valence-electron chi connectivity index (χ0n) is 18.3. The first-order chi connectivity index (χ1) is 14.4. The Morgan fingerprint density at radius 2 is 1.80 bits per heavy atom. The van der Waals surface area contributed by atoms with Crippen LogP contribution < -0.4 is 0 Å². The standard InChI is InChI=1S/C24H30N4OS/c1-17-14-23(19(3)28(17)18(2)21-8-6-5-7-9-21)24(29)27-12-10-26(11-13-27)15-22-16-30-20(4)25-22/h5-9,14,16,18H,10-13,15H2,1-4H3. The number of nitrogens with zero attached hydrogens (tertiary/aromatic N) is 4. The molecule has 0 N–H and O–H groups in total. The lowest BCUT2D eigenvalue weighted by atomic mass is 10.1. The van der Waals surface area contributed by atoms with Gasteiger partial charge in [0.1, 0.15) is 0 Å². The molecule has 6 heteroatoms. The highest BCUT2D eigenvalue weighted by Crippen LogP contribution is 2.26. The maximum absolute atomic E-state index is 13.3. The Bertz CT molecular complexity index is 1020. The SMILES string of the molecule is Cc1nc(CN2CCN(C(=O)c3cc(C)n(C(C)c4ccccc4)c3C)CC2)cs1. The number of amides is 1. The maximum atomic E-state index is 13.3. The van der Waals surface area contributed by atoms with E-state index in [1.807, 2.05) is 17.9 Å². The fourth-order valence-electron chi connectivity index (χ4n) is 4.46. The van der Waals surface area contributed by atoms with Crippen LogP contribution in [0.25, 0.3) is 0 Å². The van der Waals surface area contributed by atoms with Gasteiger partial charge in [0.25, 0.3) is 5.91 Å². The Balaban J connectivity index is 1.44. The zero-order chi connectivity index (χ0) is 21.3. The summed E-state index contributed by atoms with van der Waals surface area (Å²) in [5.41, 5.74) is 5.40. The molecule has 30 heavy (non-hydrogen) atoms. The number of carbonyl (C=O) groups excluding carboxylic acids is 1. The van der Waals surface area contributed by atoms with Gasteiger partial charge in [0.15, 0.2) is 0 Å². The van der Waals surface area contributed by atoms with Gasteiger partial charge < -0.3 is 9.47 Å². The summed E-state index contributed by atoms with van der Waals surface area (Å²) in [7, 11) is 0. The maximum Gasteiger partial charge on any atom is 0.255 e. The summed E-state index contributed by atoms with van der Waals surface area (Å²) in [5.74, 6) is 0.152. The van der Waals surface area contributed by atoms with Crippen molar-refractivity contribution in [1.29, 1.82) is 0 Å². The van der Waals surface area contributed by atoms with Crippen molar-refractivity contribution in [3.8, 4) is 0 Å². The van der Waals surface area contributed by atoms with Crippen LogP contribution in [0.4, 0.5) is 0 Å². The van der Waals surface area contributed by atoms with Crippen LogP contribution in [-0.2, 0) is 6.54 Å². The van der Waals surface area contributed by atoms with Gasteiger partial charge in [0, 0.05) is 49.5 Å². The van der Waals surface area contributed by atoms with Crippen LogP contribution in [0.15, 0.2) is 41.8 Å². The van der Waals surface area contributed by atoms with E-state index in [-0.39, 0.29) is 11.9 Å². The van der Waals surface area contributed by atoms with E-state index in [0.29, 0.717) is 0 Å². The second-order valence-electron chi connectivity index (χ2n) is 8.17. The molecule has 0 bridgehead atoms. The Morgan fingerprint density at radius 3 is 2.43 bits per heavy atom. The molecule has 158 valence electrons. The van der Waals surface area contributed by atoms with E-state index in [2.05, 4.69) is 70.9 Å². The van der Waals surface area contributed by atoms with Gasteiger partial charge in [-0.25, -0.2) is 4.98 Å². The van der Waals surface area contributed by atoms with Crippen LogP contribution >= 0.6 is 11.3 Å². The lowest BCUT2D eigenvalue weighted by Gasteiger charge is -2.34. The second kappa shape index (κ2) is 8.74. The van der Waals surface area contributed by atoms with Crippen molar-refractivity contribution < 1.29 is 4.79 Å². The van der Waals surface area contributed by atoms with E-state index in [1.165, 1.54) is 5.56 Å². The summed E-state index contributed by atoms with van der Waals surface area (Å²) in [6, 6.07) is 12.7. The Morgan fingerprint density at radius 1 is 1.10 bits per heavy atom. The fourth-order valence-corrected chi connectivity index (χ4v) is 5.06. The molecule has 0 radical (unpaired) electrons. The molecule has 0 saturated carbocycles. The molecule has 0 aliphatic carbocycles. The number of benzene rings is 1. The Hall–Kier alpha value is -2.44. The van der Waals surface area contributed by atoms with E-state index in [4.69, 9.17) is 0 Å². The van der Waals surface area contributed by atoms with Crippen molar-refractivity contribution >= 4 is 17.2 Å². The van der Waals surface area contributed by atoms with Gasteiger partial charge in [-0.2, -0.15) is 0 Å². The molecule has 1 unspecified atom stereocenters. The molecule has 5 nitrogen and oxygen atoms in total. The Kier molecular flexibility index (Phi) is 6.06. The first-order valence-electron chi connectivity index (χ1n) is 10.6. The molecule has 0 spiro atoms. The first kappa shape index (κ1) is 20.8. The van der Waals surface area contributed by atoms with Crippen molar-refractivity contribution in [2.75, 3.05) is 26.2 Å². The van der Waals surface area contributed by atoms with Gasteiger partial charge in [-0.3, -0.25) is 9.69 Å². The molecule has 1 aromatic carbocycles. The van der Waals surface area contributed by atoms with Crippen molar-refractivity contribution in [3.63, 3.8) is 0 Å². The molecule has 1 atom stereocenters. The van der Waals surface area contributed by atoms with Gasteiger partial charge in [-0.1, -0.05) is 30.3 Å². The molecule has 1 aliphatic rings. The lowest BCUT2D eigenvalue weighted by Crippen LogP contribution is -2.48. The molecular formula is C24H30N4OS. The minimum atomic E-state index is 0.152. The summed E-state index contributed by atoms with van der Waals surface area (Å²) in [4.78, 5) is 22.3. The predicted molar refractivity (Wildman–Crippen MR) is 122 cm³/mol. The largest absolute Gasteiger partial charge is 0.341 e. The average molecular weight is 423 g/mol. The van der Waals surface area contributed by atoms with Crippen LogP contribution in [0.2, 0.25) is 0 Å².